The van der Waals surface area contributed by atoms with Crippen LogP contribution in [0.15, 0.2) is 35.3 Å². The molecule has 3 rings (SSSR count). The highest BCUT2D eigenvalue weighted by Crippen LogP contribution is 2.09. The Morgan fingerprint density at radius 3 is 2.81 bits per heavy atom. The average molecular weight is 358 g/mol. The van der Waals surface area contributed by atoms with E-state index in [4.69, 9.17) is 4.74 Å². The van der Waals surface area contributed by atoms with Gasteiger partial charge in [0.25, 0.3) is 5.91 Å². The molecule has 1 saturated heterocycles. The van der Waals surface area contributed by atoms with Gasteiger partial charge in [0.1, 0.15) is 0 Å². The van der Waals surface area contributed by atoms with E-state index in [-0.39, 0.29) is 24.9 Å². The van der Waals surface area contributed by atoms with Gasteiger partial charge in [-0.15, -0.1) is 0 Å². The Hall–Kier alpha value is -3.23. The Morgan fingerprint density at radius 2 is 2.08 bits per heavy atom. The van der Waals surface area contributed by atoms with Crippen LogP contribution in [0, 0.1) is 0 Å². The molecule has 0 saturated carbocycles. The zero-order chi connectivity index (χ0) is 18.7. The van der Waals surface area contributed by atoms with Gasteiger partial charge < -0.3 is 10.1 Å². The molecule has 1 N–H and O–H groups in total. The van der Waals surface area contributed by atoms with Crippen LogP contribution in [0.25, 0.3) is 10.9 Å². The predicted octanol–water partition coefficient (Wildman–Crippen LogP) is 0.270. The number of ether oxygens (including phenoxy) is 1. The van der Waals surface area contributed by atoms with Gasteiger partial charge in [-0.2, -0.15) is 5.10 Å². The van der Waals surface area contributed by atoms with Gasteiger partial charge in [0.2, 0.25) is 5.43 Å². The van der Waals surface area contributed by atoms with E-state index in [2.05, 4.69) is 10.4 Å². The third kappa shape index (κ3) is 3.56. The molecule has 3 amide bonds. The van der Waals surface area contributed by atoms with Gasteiger partial charge in [-0.25, -0.2) is 4.79 Å². The van der Waals surface area contributed by atoms with Crippen LogP contribution in [0.5, 0.6) is 0 Å². The van der Waals surface area contributed by atoms with Crippen molar-refractivity contribution in [2.75, 3.05) is 13.1 Å². The lowest BCUT2D eigenvalue weighted by Gasteiger charge is -2.18. The van der Waals surface area contributed by atoms with Crippen molar-refractivity contribution < 1.29 is 19.1 Å². The van der Waals surface area contributed by atoms with Crippen LogP contribution in [0.1, 0.15) is 13.3 Å². The Kier molecular flexibility index (Phi) is 4.97. The minimum atomic E-state index is -1.05. The lowest BCUT2D eigenvalue weighted by atomic mass is 10.2. The van der Waals surface area contributed by atoms with Crippen molar-refractivity contribution in [3.63, 3.8) is 0 Å². The fourth-order valence-corrected chi connectivity index (χ4v) is 2.74. The van der Waals surface area contributed by atoms with Gasteiger partial charge in [0.05, 0.1) is 24.7 Å². The first-order valence-corrected chi connectivity index (χ1v) is 8.21. The maximum absolute atomic E-state index is 12.1. The number of hydrogen-bond acceptors (Lipinski definition) is 6. The third-order valence-electron chi connectivity index (χ3n) is 4.07. The largest absolute Gasteiger partial charge is 0.452 e. The number of para-hydroxylation sites is 1. The minimum Gasteiger partial charge on any atom is -0.452 e. The highest BCUT2D eigenvalue weighted by atomic mass is 16.5. The molecule has 1 aliphatic heterocycles. The molecule has 1 aliphatic rings. The second-order valence-corrected chi connectivity index (χ2v) is 5.85. The number of benzene rings is 1. The van der Waals surface area contributed by atoms with Crippen LogP contribution >= 0.6 is 0 Å². The summed E-state index contributed by atoms with van der Waals surface area (Å²) < 4.78 is 6.66. The molecule has 1 atom stereocenters. The van der Waals surface area contributed by atoms with Crippen molar-refractivity contribution in [3.05, 3.63) is 40.7 Å². The van der Waals surface area contributed by atoms with Gasteiger partial charge in [-0.3, -0.25) is 24.0 Å². The summed E-state index contributed by atoms with van der Waals surface area (Å²) in [6.07, 6.45) is 0.125. The van der Waals surface area contributed by atoms with E-state index in [1.165, 1.54) is 13.1 Å². The number of nitrogens with one attached hydrogen (secondary N) is 1. The molecule has 136 valence electrons. The van der Waals surface area contributed by atoms with Gasteiger partial charge in [-0.05, 0) is 19.1 Å². The van der Waals surface area contributed by atoms with Crippen LogP contribution in [0.3, 0.4) is 0 Å². The molecule has 0 spiro atoms. The lowest BCUT2D eigenvalue weighted by Crippen LogP contribution is -2.41. The van der Waals surface area contributed by atoms with Gasteiger partial charge in [0.15, 0.2) is 6.10 Å². The molecule has 1 aromatic carbocycles. The normalized spacial score (nSPS) is 15.0. The zero-order valence-electron chi connectivity index (χ0n) is 14.2. The molecule has 0 bridgehead atoms. The second-order valence-electron chi connectivity index (χ2n) is 5.85. The SMILES string of the molecule is CC(OC(=O)CCn1ncc(=O)c2ccccc21)C(=O)N1CCNC1=O. The fraction of sp³-hybridized carbons (Fsp3) is 0.353. The van der Waals surface area contributed by atoms with E-state index in [0.717, 1.165) is 4.90 Å². The first-order valence-electron chi connectivity index (χ1n) is 8.21. The lowest BCUT2D eigenvalue weighted by molar-refractivity contribution is -0.157. The number of aromatic nitrogens is 2. The van der Waals surface area contributed by atoms with Gasteiger partial charge >= 0.3 is 12.0 Å². The van der Waals surface area contributed by atoms with Crippen LogP contribution in [-0.2, 0) is 20.9 Å². The number of imide groups is 1. The molecule has 9 nitrogen and oxygen atoms in total. The molecule has 1 unspecified atom stereocenters. The Labute approximate surface area is 148 Å². The van der Waals surface area contributed by atoms with E-state index in [9.17, 15) is 19.2 Å². The first-order chi connectivity index (χ1) is 12.5. The maximum Gasteiger partial charge on any atom is 0.324 e. The smallest absolute Gasteiger partial charge is 0.324 e. The van der Waals surface area contributed by atoms with Crippen LogP contribution in [-0.4, -0.2) is 51.8 Å². The number of rotatable bonds is 5. The summed E-state index contributed by atoms with van der Waals surface area (Å²) in [6.45, 7) is 2.27. The van der Waals surface area contributed by atoms with E-state index < -0.39 is 24.0 Å². The monoisotopic (exact) mass is 358 g/mol. The third-order valence-corrected chi connectivity index (χ3v) is 4.07. The standard InChI is InChI=1S/C17H18N4O5/c1-11(16(24)20-9-7-18-17(20)25)26-15(23)6-8-21-13-5-3-2-4-12(13)14(22)10-19-21/h2-5,10-11H,6-9H2,1H3,(H,18,25). The zero-order valence-corrected chi connectivity index (χ0v) is 14.2. The number of amides is 3. The number of nitrogens with zero attached hydrogens (tertiary/aromatic N) is 3. The minimum absolute atomic E-state index is 0.0241. The highest BCUT2D eigenvalue weighted by Gasteiger charge is 2.31. The molecule has 26 heavy (non-hydrogen) atoms. The molecular formula is C17H18N4O5. The molecule has 9 heteroatoms. The highest BCUT2D eigenvalue weighted by molar-refractivity contribution is 5.98. The molecule has 0 radical (unpaired) electrons. The number of esters is 1. The van der Waals surface area contributed by atoms with E-state index in [1.807, 2.05) is 0 Å². The summed E-state index contributed by atoms with van der Waals surface area (Å²) in [5.41, 5.74) is 0.424. The van der Waals surface area contributed by atoms with Crippen molar-refractivity contribution in [1.29, 1.82) is 0 Å². The van der Waals surface area contributed by atoms with Crippen LogP contribution in [0.2, 0.25) is 0 Å². The summed E-state index contributed by atoms with van der Waals surface area (Å²) in [4.78, 5) is 48.5. The number of carbonyl (C=O) groups is 3. The summed E-state index contributed by atoms with van der Waals surface area (Å²) in [5.74, 6) is -1.14. The molecular weight excluding hydrogens is 340 g/mol. The fourth-order valence-electron chi connectivity index (χ4n) is 2.74. The molecule has 0 aliphatic carbocycles. The Bertz CT molecular complexity index is 923. The molecule has 1 aromatic heterocycles. The number of urea groups is 1. The summed E-state index contributed by atoms with van der Waals surface area (Å²) in [5, 5.41) is 7.06. The number of hydrogen-bond donors (Lipinski definition) is 1. The number of fused-ring (bicyclic) bond motifs is 1. The quantitative estimate of drug-likeness (QED) is 0.768. The summed E-state index contributed by atoms with van der Waals surface area (Å²) in [6, 6.07) is 6.48. The van der Waals surface area contributed by atoms with E-state index in [1.54, 1.807) is 28.9 Å². The van der Waals surface area contributed by atoms with Crippen molar-refractivity contribution in [2.45, 2.75) is 26.0 Å². The predicted molar refractivity (Wildman–Crippen MR) is 91.3 cm³/mol. The van der Waals surface area contributed by atoms with E-state index >= 15 is 0 Å². The van der Waals surface area contributed by atoms with Crippen LogP contribution < -0.4 is 10.7 Å². The molecule has 2 aromatic rings. The average Bonchev–Trinajstić information content (AvgIpc) is 3.06. The van der Waals surface area contributed by atoms with Gasteiger partial charge in [0, 0.05) is 18.5 Å². The molecule has 2 heterocycles. The van der Waals surface area contributed by atoms with Gasteiger partial charge in [-0.1, -0.05) is 12.1 Å². The maximum atomic E-state index is 12.1. The van der Waals surface area contributed by atoms with Crippen molar-refractivity contribution in [3.8, 4) is 0 Å². The summed E-state index contributed by atoms with van der Waals surface area (Å²) in [7, 11) is 0. The topological polar surface area (TPSA) is 111 Å². The van der Waals surface area contributed by atoms with Crippen molar-refractivity contribution in [2.24, 2.45) is 0 Å². The molecule has 1 fully saturated rings. The van der Waals surface area contributed by atoms with Crippen LogP contribution in [0.4, 0.5) is 4.79 Å². The van der Waals surface area contributed by atoms with Crippen molar-refractivity contribution >= 4 is 28.8 Å². The number of carbonyl (C=O) groups excluding carboxylic acids is 3. The van der Waals surface area contributed by atoms with E-state index in [0.29, 0.717) is 17.4 Å². The van der Waals surface area contributed by atoms with Crippen molar-refractivity contribution in [1.82, 2.24) is 20.0 Å². The Morgan fingerprint density at radius 1 is 1.31 bits per heavy atom. The summed E-state index contributed by atoms with van der Waals surface area (Å²) >= 11 is 0. The Balaban J connectivity index is 1.61. The first kappa shape index (κ1) is 17.6. The second kappa shape index (κ2) is 7.34. The number of aryl methyl sites for hydroxylation is 1.